The van der Waals surface area contributed by atoms with Gasteiger partial charge in [-0.25, -0.2) is 4.79 Å². The van der Waals surface area contributed by atoms with Crippen molar-refractivity contribution in [3.63, 3.8) is 0 Å². The second-order valence-electron chi connectivity index (χ2n) is 6.54. The summed E-state index contributed by atoms with van der Waals surface area (Å²) in [7, 11) is 2.02. The summed E-state index contributed by atoms with van der Waals surface area (Å²) in [6.07, 6.45) is 0.684. The van der Waals surface area contributed by atoms with Gasteiger partial charge in [0.1, 0.15) is 5.60 Å². The van der Waals surface area contributed by atoms with Gasteiger partial charge in [-0.2, -0.15) is 0 Å². The molecular weight excluding hydrogens is 266 g/mol. The fourth-order valence-corrected chi connectivity index (χ4v) is 2.56. The second-order valence-corrected chi connectivity index (χ2v) is 6.54. The van der Waals surface area contributed by atoms with E-state index in [4.69, 9.17) is 10.5 Å². The van der Waals surface area contributed by atoms with Crippen LogP contribution < -0.4 is 10.6 Å². The van der Waals surface area contributed by atoms with Crippen LogP contribution in [-0.4, -0.2) is 42.8 Å². The number of carbonyl (C=O) groups is 1. The number of nitrogens with zero attached hydrogens (tertiary/aromatic N) is 2. The number of carbonyl (C=O) groups excluding carboxylic acids is 1. The van der Waals surface area contributed by atoms with Crippen LogP contribution in [0.5, 0.6) is 0 Å². The molecule has 0 aliphatic carbocycles. The highest BCUT2D eigenvalue weighted by Gasteiger charge is 2.32. The fourth-order valence-electron chi connectivity index (χ4n) is 2.56. The molecule has 1 aliphatic rings. The van der Waals surface area contributed by atoms with Gasteiger partial charge in [0.25, 0.3) is 0 Å². The van der Waals surface area contributed by atoms with Gasteiger partial charge in [0.2, 0.25) is 0 Å². The lowest BCUT2D eigenvalue weighted by atomic mass is 10.2. The average molecular weight is 291 g/mol. The molecule has 0 radical (unpaired) electrons. The van der Waals surface area contributed by atoms with Crippen molar-refractivity contribution < 1.29 is 9.53 Å². The maximum atomic E-state index is 12.1. The Morgan fingerprint density at radius 2 is 2.05 bits per heavy atom. The van der Waals surface area contributed by atoms with E-state index in [0.29, 0.717) is 6.54 Å². The van der Waals surface area contributed by atoms with E-state index in [9.17, 15) is 4.79 Å². The monoisotopic (exact) mass is 291 g/mol. The summed E-state index contributed by atoms with van der Waals surface area (Å²) < 4.78 is 5.42. The molecule has 21 heavy (non-hydrogen) atoms. The van der Waals surface area contributed by atoms with Gasteiger partial charge in [-0.3, -0.25) is 0 Å². The van der Waals surface area contributed by atoms with E-state index in [1.165, 1.54) is 0 Å². The van der Waals surface area contributed by atoms with Crippen molar-refractivity contribution in [3.8, 4) is 0 Å². The Bertz CT molecular complexity index is 510. The minimum absolute atomic E-state index is 0.237. The summed E-state index contributed by atoms with van der Waals surface area (Å²) in [5.41, 5.74) is 7.33. The SMILES string of the molecule is CN(c1ccccc1N)C1CCN(C(=O)OC(C)(C)C)C1. The number of hydrogen-bond acceptors (Lipinski definition) is 4. The number of likely N-dealkylation sites (N-methyl/N-ethyl adjacent to an activating group) is 1. The van der Waals surface area contributed by atoms with Crippen LogP contribution in [0.1, 0.15) is 27.2 Å². The van der Waals surface area contributed by atoms with E-state index in [2.05, 4.69) is 4.90 Å². The third-order valence-electron chi connectivity index (χ3n) is 3.68. The number of hydrogen-bond donors (Lipinski definition) is 1. The summed E-state index contributed by atoms with van der Waals surface area (Å²) in [5.74, 6) is 0. The van der Waals surface area contributed by atoms with E-state index < -0.39 is 5.60 Å². The molecule has 1 heterocycles. The zero-order chi connectivity index (χ0) is 15.6. The third-order valence-corrected chi connectivity index (χ3v) is 3.68. The highest BCUT2D eigenvalue weighted by molar-refractivity contribution is 5.70. The van der Waals surface area contributed by atoms with Crippen molar-refractivity contribution in [1.29, 1.82) is 0 Å². The molecule has 2 N–H and O–H groups in total. The van der Waals surface area contributed by atoms with Gasteiger partial charge in [0.05, 0.1) is 11.4 Å². The molecule has 0 aromatic heterocycles. The number of nitrogen functional groups attached to an aromatic ring is 1. The maximum absolute atomic E-state index is 12.1. The van der Waals surface area contributed by atoms with Crippen molar-refractivity contribution in [2.45, 2.75) is 38.8 Å². The molecule has 1 aromatic rings. The summed E-state index contributed by atoms with van der Waals surface area (Å²) in [6.45, 7) is 7.04. The Balaban J connectivity index is 1.99. The van der Waals surface area contributed by atoms with Crippen LogP contribution in [0.4, 0.5) is 16.2 Å². The molecule has 1 fully saturated rings. The quantitative estimate of drug-likeness (QED) is 0.851. The summed E-state index contributed by atoms with van der Waals surface area (Å²) in [5, 5.41) is 0. The topological polar surface area (TPSA) is 58.8 Å². The van der Waals surface area contributed by atoms with Crippen LogP contribution >= 0.6 is 0 Å². The Labute approximate surface area is 126 Å². The zero-order valence-electron chi connectivity index (χ0n) is 13.3. The number of para-hydroxylation sites is 2. The van der Waals surface area contributed by atoms with Crippen LogP contribution in [0.25, 0.3) is 0 Å². The molecule has 2 rings (SSSR count). The Morgan fingerprint density at radius 3 is 2.67 bits per heavy atom. The van der Waals surface area contributed by atoms with Crippen LogP contribution in [0.15, 0.2) is 24.3 Å². The predicted molar refractivity (Wildman–Crippen MR) is 85.5 cm³/mol. The summed E-state index contributed by atoms with van der Waals surface area (Å²) >= 11 is 0. The van der Waals surface area contributed by atoms with Crippen molar-refractivity contribution >= 4 is 17.5 Å². The standard InChI is InChI=1S/C16H25N3O2/c1-16(2,3)21-15(20)19-10-9-12(11-19)18(4)14-8-6-5-7-13(14)17/h5-8,12H,9-11,17H2,1-4H3. The number of anilines is 2. The van der Waals surface area contributed by atoms with Crippen LogP contribution in [0.2, 0.25) is 0 Å². The first-order chi connectivity index (χ1) is 9.78. The lowest BCUT2D eigenvalue weighted by molar-refractivity contribution is 0.0292. The van der Waals surface area contributed by atoms with Gasteiger partial charge in [-0.1, -0.05) is 12.1 Å². The van der Waals surface area contributed by atoms with E-state index in [-0.39, 0.29) is 12.1 Å². The van der Waals surface area contributed by atoms with Crippen molar-refractivity contribution in [3.05, 3.63) is 24.3 Å². The van der Waals surface area contributed by atoms with Gasteiger partial charge in [-0.15, -0.1) is 0 Å². The molecule has 0 bridgehead atoms. The fraction of sp³-hybridized carbons (Fsp3) is 0.562. The van der Waals surface area contributed by atoms with E-state index in [1.807, 2.05) is 52.1 Å². The highest BCUT2D eigenvalue weighted by atomic mass is 16.6. The van der Waals surface area contributed by atoms with Crippen LogP contribution in [0, 0.1) is 0 Å². The average Bonchev–Trinajstić information content (AvgIpc) is 2.86. The number of likely N-dealkylation sites (tertiary alicyclic amines) is 1. The van der Waals surface area contributed by atoms with Crippen molar-refractivity contribution in [1.82, 2.24) is 4.90 Å². The van der Waals surface area contributed by atoms with Gasteiger partial charge in [-0.05, 0) is 39.3 Å². The Morgan fingerprint density at radius 1 is 1.38 bits per heavy atom. The molecule has 5 heteroatoms. The first kappa shape index (κ1) is 15.5. The van der Waals surface area contributed by atoms with Crippen molar-refractivity contribution in [2.24, 2.45) is 0 Å². The number of benzene rings is 1. The minimum Gasteiger partial charge on any atom is -0.444 e. The molecule has 1 atom stereocenters. The molecule has 1 amide bonds. The molecule has 116 valence electrons. The maximum Gasteiger partial charge on any atom is 0.410 e. The molecule has 1 unspecified atom stereocenters. The van der Waals surface area contributed by atoms with E-state index >= 15 is 0 Å². The predicted octanol–water partition coefficient (Wildman–Crippen LogP) is 2.71. The van der Waals surface area contributed by atoms with E-state index in [0.717, 1.165) is 24.3 Å². The summed E-state index contributed by atoms with van der Waals surface area (Å²) in [6, 6.07) is 8.07. The molecule has 1 aromatic carbocycles. The van der Waals surface area contributed by atoms with Gasteiger partial charge >= 0.3 is 6.09 Å². The van der Waals surface area contributed by atoms with E-state index in [1.54, 1.807) is 4.90 Å². The number of ether oxygens (including phenoxy) is 1. The smallest absolute Gasteiger partial charge is 0.410 e. The number of nitrogens with two attached hydrogens (primary N) is 1. The lowest BCUT2D eigenvalue weighted by Gasteiger charge is -2.28. The number of rotatable bonds is 2. The molecule has 0 spiro atoms. The van der Waals surface area contributed by atoms with Gasteiger partial charge in [0, 0.05) is 26.2 Å². The van der Waals surface area contributed by atoms with Crippen molar-refractivity contribution in [2.75, 3.05) is 30.8 Å². The molecule has 1 aliphatic heterocycles. The van der Waals surface area contributed by atoms with Crippen LogP contribution in [-0.2, 0) is 4.74 Å². The largest absolute Gasteiger partial charge is 0.444 e. The van der Waals surface area contributed by atoms with Crippen LogP contribution in [0.3, 0.4) is 0 Å². The lowest BCUT2D eigenvalue weighted by Crippen LogP contribution is -2.39. The number of amides is 1. The molecule has 1 saturated heterocycles. The Hall–Kier alpha value is -1.91. The third kappa shape index (κ3) is 3.80. The van der Waals surface area contributed by atoms with Gasteiger partial charge < -0.3 is 20.3 Å². The zero-order valence-corrected chi connectivity index (χ0v) is 13.3. The normalized spacial score (nSPS) is 18.7. The highest BCUT2D eigenvalue weighted by Crippen LogP contribution is 2.27. The van der Waals surface area contributed by atoms with Gasteiger partial charge in [0.15, 0.2) is 0 Å². The molecule has 0 saturated carbocycles. The molecule has 5 nitrogen and oxygen atoms in total. The first-order valence-electron chi connectivity index (χ1n) is 7.33. The Kier molecular flexibility index (Phi) is 4.30. The summed E-state index contributed by atoms with van der Waals surface area (Å²) in [4.78, 5) is 16.0. The minimum atomic E-state index is -0.453. The first-order valence-corrected chi connectivity index (χ1v) is 7.33. The second kappa shape index (κ2) is 5.84. The molecular formula is C16H25N3O2.